The number of nitrogens with one attached hydrogen (secondary N) is 1. The fourth-order valence-corrected chi connectivity index (χ4v) is 2.61. The zero-order valence-corrected chi connectivity index (χ0v) is 15.6. The average molecular weight is 345 g/mol. The summed E-state index contributed by atoms with van der Waals surface area (Å²) >= 11 is 0. The molecule has 2 aromatic rings. The van der Waals surface area contributed by atoms with Crippen LogP contribution in [0.15, 0.2) is 30.6 Å². The van der Waals surface area contributed by atoms with E-state index in [1.54, 1.807) is 31.1 Å². The van der Waals surface area contributed by atoms with Gasteiger partial charge < -0.3 is 14.8 Å². The molecule has 1 atom stereocenters. The van der Waals surface area contributed by atoms with Crippen molar-refractivity contribution in [2.45, 2.75) is 46.3 Å². The van der Waals surface area contributed by atoms with E-state index < -0.39 is 6.10 Å². The van der Waals surface area contributed by atoms with Gasteiger partial charge in [-0.25, -0.2) is 0 Å². The predicted octanol–water partition coefficient (Wildman–Crippen LogP) is 3.37. The van der Waals surface area contributed by atoms with Crippen molar-refractivity contribution < 1.29 is 14.3 Å². The molecule has 6 nitrogen and oxygen atoms in total. The van der Waals surface area contributed by atoms with Crippen LogP contribution < -0.4 is 10.1 Å². The summed E-state index contributed by atoms with van der Waals surface area (Å²) in [5.41, 5.74) is 3.09. The summed E-state index contributed by atoms with van der Waals surface area (Å²) in [6, 6.07) is 5.94. The van der Waals surface area contributed by atoms with Crippen LogP contribution >= 0.6 is 0 Å². The number of aromatic nitrogens is 2. The van der Waals surface area contributed by atoms with Crippen LogP contribution in [-0.2, 0) is 16.1 Å². The monoisotopic (exact) mass is 345 g/mol. The fraction of sp³-hybridized carbons (Fsp3) is 0.474. The van der Waals surface area contributed by atoms with Gasteiger partial charge in [-0.05, 0) is 43.0 Å². The van der Waals surface area contributed by atoms with Gasteiger partial charge in [0.2, 0.25) is 0 Å². The minimum Gasteiger partial charge on any atom is -0.481 e. The first-order chi connectivity index (χ1) is 11.9. The molecule has 0 spiro atoms. The predicted molar refractivity (Wildman–Crippen MR) is 98.1 cm³/mol. The number of hydrogen-bond acceptors (Lipinski definition) is 4. The van der Waals surface area contributed by atoms with Crippen LogP contribution in [0.25, 0.3) is 0 Å². The van der Waals surface area contributed by atoms with Crippen molar-refractivity contribution in [2.75, 3.05) is 19.0 Å². The third-order valence-electron chi connectivity index (χ3n) is 3.97. The second-order valence-electron chi connectivity index (χ2n) is 6.41. The van der Waals surface area contributed by atoms with E-state index in [1.165, 1.54) is 11.1 Å². The number of rotatable bonds is 8. The average Bonchev–Trinajstić information content (AvgIpc) is 3.00. The summed E-state index contributed by atoms with van der Waals surface area (Å²) in [5.74, 6) is 0.946. The molecular formula is C19H27N3O3. The molecule has 0 aliphatic heterocycles. The molecule has 0 saturated heterocycles. The molecule has 0 aliphatic carbocycles. The molecular weight excluding hydrogens is 318 g/mol. The van der Waals surface area contributed by atoms with Gasteiger partial charge in [-0.2, -0.15) is 5.10 Å². The Balaban J connectivity index is 1.93. The zero-order chi connectivity index (χ0) is 18.4. The Morgan fingerprint density at radius 2 is 2.08 bits per heavy atom. The van der Waals surface area contributed by atoms with E-state index in [0.29, 0.717) is 30.5 Å². The van der Waals surface area contributed by atoms with E-state index >= 15 is 0 Å². The van der Waals surface area contributed by atoms with Gasteiger partial charge in [0.25, 0.3) is 5.91 Å². The Labute approximate surface area is 149 Å². The quantitative estimate of drug-likeness (QED) is 0.797. The van der Waals surface area contributed by atoms with Crippen LogP contribution in [0.1, 0.15) is 37.8 Å². The van der Waals surface area contributed by atoms with Crippen molar-refractivity contribution in [3.05, 3.63) is 41.7 Å². The fourth-order valence-electron chi connectivity index (χ4n) is 2.61. The number of methoxy groups -OCH3 is 1. The molecule has 1 heterocycles. The highest BCUT2D eigenvalue weighted by Gasteiger charge is 2.16. The van der Waals surface area contributed by atoms with Crippen LogP contribution in [0.4, 0.5) is 5.69 Å². The molecule has 2 rings (SSSR count). The first kappa shape index (κ1) is 19.0. The number of benzene rings is 1. The summed E-state index contributed by atoms with van der Waals surface area (Å²) in [5, 5.41) is 6.98. The molecule has 0 saturated carbocycles. The van der Waals surface area contributed by atoms with E-state index in [4.69, 9.17) is 9.47 Å². The Kier molecular flexibility index (Phi) is 6.58. The summed E-state index contributed by atoms with van der Waals surface area (Å²) in [6.45, 7) is 9.31. The SMILES string of the molecule is COCCn1cc(NC(=O)C(C)Oc2ccc(C(C)C)c(C)c2)cn1. The molecule has 1 aromatic heterocycles. The Morgan fingerprint density at radius 3 is 2.72 bits per heavy atom. The van der Waals surface area contributed by atoms with Crippen molar-refractivity contribution >= 4 is 11.6 Å². The summed E-state index contributed by atoms with van der Waals surface area (Å²) < 4.78 is 12.5. The third kappa shape index (κ3) is 5.32. The molecule has 1 N–H and O–H groups in total. The number of aryl methyl sites for hydroxylation is 1. The van der Waals surface area contributed by atoms with Crippen LogP contribution in [-0.4, -0.2) is 35.5 Å². The van der Waals surface area contributed by atoms with Crippen molar-refractivity contribution in [3.63, 3.8) is 0 Å². The van der Waals surface area contributed by atoms with E-state index in [1.807, 2.05) is 12.1 Å². The Morgan fingerprint density at radius 1 is 1.32 bits per heavy atom. The van der Waals surface area contributed by atoms with E-state index in [-0.39, 0.29) is 5.91 Å². The van der Waals surface area contributed by atoms with Gasteiger partial charge in [-0.1, -0.05) is 19.9 Å². The van der Waals surface area contributed by atoms with E-state index in [9.17, 15) is 4.79 Å². The molecule has 1 unspecified atom stereocenters. The maximum atomic E-state index is 12.3. The van der Waals surface area contributed by atoms with Crippen molar-refractivity contribution in [1.82, 2.24) is 9.78 Å². The smallest absolute Gasteiger partial charge is 0.265 e. The van der Waals surface area contributed by atoms with Crippen LogP contribution in [0.5, 0.6) is 5.75 Å². The lowest BCUT2D eigenvalue weighted by Crippen LogP contribution is -2.30. The van der Waals surface area contributed by atoms with Crippen LogP contribution in [0, 0.1) is 6.92 Å². The van der Waals surface area contributed by atoms with Crippen LogP contribution in [0.3, 0.4) is 0 Å². The van der Waals surface area contributed by atoms with Gasteiger partial charge in [0.1, 0.15) is 5.75 Å². The molecule has 136 valence electrons. The van der Waals surface area contributed by atoms with Gasteiger partial charge in [0.15, 0.2) is 6.10 Å². The lowest BCUT2D eigenvalue weighted by atomic mass is 9.98. The molecule has 6 heteroatoms. The highest BCUT2D eigenvalue weighted by molar-refractivity contribution is 5.93. The minimum atomic E-state index is -0.605. The van der Waals surface area contributed by atoms with Crippen molar-refractivity contribution in [3.8, 4) is 5.75 Å². The van der Waals surface area contributed by atoms with Gasteiger partial charge in [-0.3, -0.25) is 9.48 Å². The second kappa shape index (κ2) is 8.67. The number of amides is 1. The third-order valence-corrected chi connectivity index (χ3v) is 3.97. The largest absolute Gasteiger partial charge is 0.481 e. The van der Waals surface area contributed by atoms with Gasteiger partial charge >= 0.3 is 0 Å². The number of anilines is 1. The highest BCUT2D eigenvalue weighted by Crippen LogP contribution is 2.24. The molecule has 0 radical (unpaired) electrons. The molecule has 0 aliphatic rings. The Hall–Kier alpha value is -2.34. The van der Waals surface area contributed by atoms with Crippen molar-refractivity contribution in [2.24, 2.45) is 0 Å². The molecule has 0 fully saturated rings. The van der Waals surface area contributed by atoms with Crippen molar-refractivity contribution in [1.29, 1.82) is 0 Å². The molecule has 0 bridgehead atoms. The molecule has 1 amide bonds. The van der Waals surface area contributed by atoms with E-state index in [2.05, 4.69) is 37.3 Å². The summed E-state index contributed by atoms with van der Waals surface area (Å²) in [6.07, 6.45) is 2.78. The first-order valence-electron chi connectivity index (χ1n) is 8.50. The lowest BCUT2D eigenvalue weighted by Gasteiger charge is -2.16. The summed E-state index contributed by atoms with van der Waals surface area (Å²) in [7, 11) is 1.64. The number of ether oxygens (including phenoxy) is 2. The maximum absolute atomic E-state index is 12.3. The van der Waals surface area contributed by atoms with Gasteiger partial charge in [-0.15, -0.1) is 0 Å². The zero-order valence-electron chi connectivity index (χ0n) is 15.6. The lowest BCUT2D eigenvalue weighted by molar-refractivity contribution is -0.122. The van der Waals surface area contributed by atoms with Crippen LogP contribution in [0.2, 0.25) is 0 Å². The summed E-state index contributed by atoms with van der Waals surface area (Å²) in [4.78, 5) is 12.3. The normalized spacial score (nSPS) is 12.2. The highest BCUT2D eigenvalue weighted by atomic mass is 16.5. The topological polar surface area (TPSA) is 65.4 Å². The first-order valence-corrected chi connectivity index (χ1v) is 8.50. The maximum Gasteiger partial charge on any atom is 0.265 e. The van der Waals surface area contributed by atoms with Gasteiger partial charge in [0.05, 0.1) is 25.0 Å². The number of carbonyl (C=O) groups is 1. The number of hydrogen-bond donors (Lipinski definition) is 1. The molecule has 25 heavy (non-hydrogen) atoms. The number of carbonyl (C=O) groups excluding carboxylic acids is 1. The Bertz CT molecular complexity index is 710. The van der Waals surface area contributed by atoms with Gasteiger partial charge in [0, 0.05) is 13.3 Å². The molecule has 1 aromatic carbocycles. The second-order valence-corrected chi connectivity index (χ2v) is 6.41. The minimum absolute atomic E-state index is 0.211. The standard InChI is InChI=1S/C19H27N3O3/c1-13(2)18-7-6-17(10-14(18)3)25-15(4)19(23)21-16-11-20-22(12-16)8-9-24-5/h6-7,10-13,15H,8-9H2,1-5H3,(H,21,23). The van der Waals surface area contributed by atoms with E-state index in [0.717, 1.165) is 0 Å². The number of nitrogens with zero attached hydrogens (tertiary/aromatic N) is 2.